The molecule has 0 saturated carbocycles. The molecule has 0 aliphatic heterocycles. The number of hydrogen-bond donors (Lipinski definition) is 0. The molecule has 0 amide bonds. The Morgan fingerprint density at radius 1 is 0.643 bits per heavy atom. The fourth-order valence-corrected chi connectivity index (χ4v) is 7.50. The first kappa shape index (κ1) is 14.4. The lowest BCUT2D eigenvalue weighted by molar-refractivity contribution is 0.211. The predicted molar refractivity (Wildman–Crippen MR) is 67.4 cm³/mol. The third kappa shape index (κ3) is 4.25. The molecule has 0 rings (SSSR count). The van der Waals surface area contributed by atoms with E-state index in [1.165, 1.54) is 0 Å². The van der Waals surface area contributed by atoms with Crippen LogP contribution in [0.15, 0.2) is 0 Å². The van der Waals surface area contributed by atoms with Gasteiger partial charge >= 0.3 is 0 Å². The van der Waals surface area contributed by atoms with E-state index in [0.717, 1.165) is 0 Å². The molecule has 0 fully saturated rings. The zero-order valence-electron chi connectivity index (χ0n) is 11.0. The van der Waals surface area contributed by atoms with Gasteiger partial charge in [0, 0.05) is 12.2 Å². The lowest BCUT2D eigenvalue weighted by Crippen LogP contribution is -2.60. The first-order valence-corrected chi connectivity index (χ1v) is 12.3. The van der Waals surface area contributed by atoms with Crippen LogP contribution in [0.5, 0.6) is 0 Å². The molecule has 0 aliphatic carbocycles. The maximum absolute atomic E-state index is 6.08. The standard InChI is InChI=1S/C10H26O2Si2/c1-9(2)11-13(5,6)14(7,8)12-10(3)4/h9-10H,1-8H3. The van der Waals surface area contributed by atoms with Crippen molar-refractivity contribution in [3.8, 4) is 0 Å². The minimum atomic E-state index is -1.64. The Morgan fingerprint density at radius 3 is 1.00 bits per heavy atom. The molecule has 14 heavy (non-hydrogen) atoms. The van der Waals surface area contributed by atoms with Gasteiger partial charge in [0.2, 0.25) is 15.7 Å². The highest BCUT2D eigenvalue weighted by molar-refractivity contribution is 7.35. The molecule has 4 heteroatoms. The lowest BCUT2D eigenvalue weighted by Gasteiger charge is -2.39. The molecule has 0 spiro atoms. The highest BCUT2D eigenvalue weighted by atomic mass is 29.3. The van der Waals surface area contributed by atoms with E-state index >= 15 is 0 Å². The van der Waals surface area contributed by atoms with Crippen LogP contribution in [0.3, 0.4) is 0 Å². The molecule has 0 saturated heterocycles. The van der Waals surface area contributed by atoms with Crippen molar-refractivity contribution >= 4 is 15.7 Å². The Bertz CT molecular complexity index is 157. The molecule has 0 atom stereocenters. The van der Waals surface area contributed by atoms with Gasteiger partial charge in [-0.15, -0.1) is 0 Å². The molecule has 0 aromatic rings. The normalized spacial score (nSPS) is 14.1. The molecular weight excluding hydrogens is 208 g/mol. The summed E-state index contributed by atoms with van der Waals surface area (Å²) in [6, 6.07) is 0. The van der Waals surface area contributed by atoms with Crippen molar-refractivity contribution in [3.05, 3.63) is 0 Å². The van der Waals surface area contributed by atoms with E-state index in [9.17, 15) is 0 Å². The molecule has 0 N–H and O–H groups in total. The molecule has 0 bridgehead atoms. The van der Waals surface area contributed by atoms with E-state index in [1.54, 1.807) is 0 Å². The predicted octanol–water partition coefficient (Wildman–Crippen LogP) is 3.33. The second-order valence-corrected chi connectivity index (χ2v) is 19.1. The van der Waals surface area contributed by atoms with Crippen molar-refractivity contribution in [2.45, 2.75) is 66.1 Å². The van der Waals surface area contributed by atoms with E-state index < -0.39 is 15.7 Å². The Hall–Kier alpha value is 0.354. The Kier molecular flexibility index (Phi) is 5.04. The second-order valence-electron chi connectivity index (χ2n) is 5.35. The zero-order chi connectivity index (χ0) is 11.6. The van der Waals surface area contributed by atoms with E-state index in [1.807, 2.05) is 0 Å². The van der Waals surface area contributed by atoms with Gasteiger partial charge in [-0.1, -0.05) is 0 Å². The fourth-order valence-electron chi connectivity index (χ4n) is 1.46. The van der Waals surface area contributed by atoms with Crippen LogP contribution in [-0.2, 0) is 8.85 Å². The minimum absolute atomic E-state index is 0.319. The van der Waals surface area contributed by atoms with Crippen molar-refractivity contribution in [1.82, 2.24) is 0 Å². The summed E-state index contributed by atoms with van der Waals surface area (Å²) in [4.78, 5) is 0. The van der Waals surface area contributed by atoms with Gasteiger partial charge in [-0.05, 0) is 53.9 Å². The number of rotatable bonds is 5. The average molecular weight is 234 g/mol. The molecule has 0 aromatic carbocycles. The van der Waals surface area contributed by atoms with Crippen LogP contribution in [-0.4, -0.2) is 27.9 Å². The van der Waals surface area contributed by atoms with Gasteiger partial charge in [0.15, 0.2) is 0 Å². The second kappa shape index (κ2) is 4.92. The number of hydrogen-bond acceptors (Lipinski definition) is 2. The van der Waals surface area contributed by atoms with Crippen molar-refractivity contribution in [1.29, 1.82) is 0 Å². The zero-order valence-corrected chi connectivity index (χ0v) is 13.0. The topological polar surface area (TPSA) is 18.5 Å². The Balaban J connectivity index is 4.51. The van der Waals surface area contributed by atoms with Gasteiger partial charge in [0.05, 0.1) is 0 Å². The van der Waals surface area contributed by atoms with Gasteiger partial charge in [0.25, 0.3) is 0 Å². The van der Waals surface area contributed by atoms with E-state index in [2.05, 4.69) is 53.9 Å². The summed E-state index contributed by atoms with van der Waals surface area (Å²) in [6.07, 6.45) is 0.637. The highest BCUT2D eigenvalue weighted by Gasteiger charge is 2.46. The molecule has 0 aromatic heterocycles. The van der Waals surface area contributed by atoms with Gasteiger partial charge in [0.1, 0.15) is 0 Å². The minimum Gasteiger partial charge on any atom is -0.415 e. The van der Waals surface area contributed by atoms with Crippen LogP contribution >= 0.6 is 0 Å². The first-order valence-electron chi connectivity index (χ1n) is 5.44. The maximum atomic E-state index is 6.08. The van der Waals surface area contributed by atoms with Crippen molar-refractivity contribution < 1.29 is 8.85 Å². The van der Waals surface area contributed by atoms with Crippen molar-refractivity contribution in [2.24, 2.45) is 0 Å². The Labute approximate surface area is 91.0 Å². The van der Waals surface area contributed by atoms with Gasteiger partial charge < -0.3 is 8.85 Å². The highest BCUT2D eigenvalue weighted by Crippen LogP contribution is 2.24. The maximum Gasteiger partial charge on any atom is 0.205 e. The van der Waals surface area contributed by atoms with Gasteiger partial charge in [-0.3, -0.25) is 0 Å². The monoisotopic (exact) mass is 234 g/mol. The van der Waals surface area contributed by atoms with Gasteiger partial charge in [-0.25, -0.2) is 0 Å². The molecule has 2 nitrogen and oxygen atoms in total. The van der Waals surface area contributed by atoms with Crippen LogP contribution in [0.1, 0.15) is 27.7 Å². The SMILES string of the molecule is CC(C)O[Si](C)(C)[Si](C)(C)OC(C)C. The quantitative estimate of drug-likeness (QED) is 0.679. The van der Waals surface area contributed by atoms with Crippen LogP contribution in [0.2, 0.25) is 26.2 Å². The van der Waals surface area contributed by atoms with E-state index in [0.29, 0.717) is 12.2 Å². The molecule has 86 valence electrons. The van der Waals surface area contributed by atoms with Crippen LogP contribution in [0.25, 0.3) is 0 Å². The molecule has 0 aliphatic rings. The van der Waals surface area contributed by atoms with Crippen molar-refractivity contribution in [3.63, 3.8) is 0 Å². The first-order chi connectivity index (χ1) is 6.08. The summed E-state index contributed by atoms with van der Waals surface area (Å²) < 4.78 is 12.2. The molecule has 0 radical (unpaired) electrons. The lowest BCUT2D eigenvalue weighted by atomic mass is 10.5. The van der Waals surface area contributed by atoms with Crippen LogP contribution < -0.4 is 0 Å². The largest absolute Gasteiger partial charge is 0.415 e. The summed E-state index contributed by atoms with van der Waals surface area (Å²) >= 11 is 0. The summed E-state index contributed by atoms with van der Waals surface area (Å²) in [5, 5.41) is 0. The Morgan fingerprint density at radius 2 is 0.857 bits per heavy atom. The van der Waals surface area contributed by atoms with E-state index in [4.69, 9.17) is 8.85 Å². The summed E-state index contributed by atoms with van der Waals surface area (Å²) in [5.41, 5.74) is 0. The van der Waals surface area contributed by atoms with Crippen LogP contribution in [0.4, 0.5) is 0 Å². The average Bonchev–Trinajstić information content (AvgIpc) is 1.78. The third-order valence-corrected chi connectivity index (χ3v) is 16.9. The molecule has 0 heterocycles. The summed E-state index contributed by atoms with van der Waals surface area (Å²) in [5.74, 6) is 0. The van der Waals surface area contributed by atoms with Gasteiger partial charge in [-0.2, -0.15) is 0 Å². The fraction of sp³-hybridized carbons (Fsp3) is 1.00. The van der Waals surface area contributed by atoms with E-state index in [-0.39, 0.29) is 0 Å². The summed E-state index contributed by atoms with van der Waals surface area (Å²) in [6.45, 7) is 17.5. The smallest absolute Gasteiger partial charge is 0.205 e. The molecule has 0 unspecified atom stereocenters. The van der Waals surface area contributed by atoms with Crippen LogP contribution in [0, 0.1) is 0 Å². The third-order valence-electron chi connectivity index (χ3n) is 2.51. The molecular formula is C10H26O2Si2. The van der Waals surface area contributed by atoms with Crippen molar-refractivity contribution in [2.75, 3.05) is 0 Å². The summed E-state index contributed by atoms with van der Waals surface area (Å²) in [7, 11) is -3.28.